The Morgan fingerprint density at radius 1 is 0.938 bits per heavy atom. The average Bonchev–Trinajstić information content (AvgIpc) is 2.33. The average molecular weight is 253 g/mol. The molecule has 2 nitrogen and oxygen atoms in total. The van der Waals surface area contributed by atoms with E-state index in [-0.39, 0.29) is 0 Å². The lowest BCUT2D eigenvalue weighted by molar-refractivity contribution is 0.952. The number of nitrogens with zero attached hydrogens (tertiary/aromatic N) is 2. The van der Waals surface area contributed by atoms with Gasteiger partial charge in [-0.15, -0.1) is 11.6 Å². The molecule has 0 amide bonds. The van der Waals surface area contributed by atoms with E-state index in [0.29, 0.717) is 12.3 Å². The van der Waals surface area contributed by atoms with Gasteiger partial charge < -0.3 is 0 Å². The zero-order valence-corrected chi connectivity index (χ0v) is 10.0. The third-order valence-corrected chi connectivity index (χ3v) is 2.75. The molecule has 82 valence electrons. The number of halogens is 2. The smallest absolute Gasteiger partial charge is 0.132 e. The standard InChI is InChI=1S/C12H10Cl2N2/c13-6-10-7-15-12(16-8-10)5-9-1-3-11(14)4-2-9/h1-4,7-8H,5-6H2. The van der Waals surface area contributed by atoms with Gasteiger partial charge in [0.05, 0.1) is 5.88 Å². The Morgan fingerprint density at radius 2 is 1.56 bits per heavy atom. The van der Waals surface area contributed by atoms with Gasteiger partial charge in [0.2, 0.25) is 0 Å². The number of hydrogen-bond acceptors (Lipinski definition) is 2. The normalized spacial score (nSPS) is 10.4. The topological polar surface area (TPSA) is 25.8 Å². The van der Waals surface area contributed by atoms with Gasteiger partial charge in [-0.1, -0.05) is 23.7 Å². The molecule has 0 spiro atoms. The van der Waals surface area contributed by atoms with Crippen LogP contribution in [0.4, 0.5) is 0 Å². The summed E-state index contributed by atoms with van der Waals surface area (Å²) >= 11 is 11.5. The number of benzene rings is 1. The van der Waals surface area contributed by atoms with E-state index in [4.69, 9.17) is 23.2 Å². The SMILES string of the molecule is ClCc1cnc(Cc2ccc(Cl)cc2)nc1. The number of alkyl halides is 1. The maximum Gasteiger partial charge on any atom is 0.132 e. The van der Waals surface area contributed by atoms with Crippen LogP contribution in [0, 0.1) is 0 Å². The van der Waals surface area contributed by atoms with Crippen molar-refractivity contribution in [1.29, 1.82) is 0 Å². The molecule has 16 heavy (non-hydrogen) atoms. The summed E-state index contributed by atoms with van der Waals surface area (Å²) in [4.78, 5) is 8.48. The van der Waals surface area contributed by atoms with Crippen LogP contribution in [0.2, 0.25) is 5.02 Å². The first-order valence-electron chi connectivity index (χ1n) is 4.88. The van der Waals surface area contributed by atoms with E-state index in [9.17, 15) is 0 Å². The van der Waals surface area contributed by atoms with Gasteiger partial charge in [0.15, 0.2) is 0 Å². The number of hydrogen-bond donors (Lipinski definition) is 0. The minimum Gasteiger partial charge on any atom is -0.241 e. The molecule has 0 fully saturated rings. The van der Waals surface area contributed by atoms with Gasteiger partial charge in [0.1, 0.15) is 5.82 Å². The van der Waals surface area contributed by atoms with Crippen molar-refractivity contribution >= 4 is 23.2 Å². The van der Waals surface area contributed by atoms with E-state index in [2.05, 4.69) is 9.97 Å². The Morgan fingerprint density at radius 3 is 2.12 bits per heavy atom. The molecule has 2 aromatic rings. The van der Waals surface area contributed by atoms with Crippen molar-refractivity contribution in [2.75, 3.05) is 0 Å². The molecule has 0 aliphatic heterocycles. The summed E-state index contributed by atoms with van der Waals surface area (Å²) < 4.78 is 0. The monoisotopic (exact) mass is 252 g/mol. The molecule has 0 aliphatic carbocycles. The van der Waals surface area contributed by atoms with Crippen LogP contribution in [0.25, 0.3) is 0 Å². The molecule has 1 aromatic heterocycles. The van der Waals surface area contributed by atoms with Crippen molar-refractivity contribution in [1.82, 2.24) is 9.97 Å². The molecular formula is C12H10Cl2N2. The van der Waals surface area contributed by atoms with Crippen LogP contribution in [-0.2, 0) is 12.3 Å². The molecule has 4 heteroatoms. The lowest BCUT2D eigenvalue weighted by atomic mass is 10.1. The fraction of sp³-hybridized carbons (Fsp3) is 0.167. The van der Waals surface area contributed by atoms with Crippen LogP contribution in [0.1, 0.15) is 17.0 Å². The highest BCUT2D eigenvalue weighted by Crippen LogP contribution is 2.12. The van der Waals surface area contributed by atoms with Gasteiger partial charge in [-0.05, 0) is 17.7 Å². The quantitative estimate of drug-likeness (QED) is 0.783. The first-order valence-corrected chi connectivity index (χ1v) is 5.79. The predicted octanol–water partition coefficient (Wildman–Crippen LogP) is 3.46. The van der Waals surface area contributed by atoms with Gasteiger partial charge in [-0.2, -0.15) is 0 Å². The predicted molar refractivity (Wildman–Crippen MR) is 65.8 cm³/mol. The van der Waals surface area contributed by atoms with E-state index >= 15 is 0 Å². The van der Waals surface area contributed by atoms with Crippen molar-refractivity contribution in [3.05, 3.63) is 58.6 Å². The zero-order valence-electron chi connectivity index (χ0n) is 8.53. The summed E-state index contributed by atoms with van der Waals surface area (Å²) in [5, 5.41) is 0.738. The first-order chi connectivity index (χ1) is 7.78. The molecule has 0 saturated heterocycles. The largest absolute Gasteiger partial charge is 0.241 e. The molecule has 0 N–H and O–H groups in total. The van der Waals surface area contributed by atoms with Crippen molar-refractivity contribution < 1.29 is 0 Å². The van der Waals surface area contributed by atoms with Crippen LogP contribution in [-0.4, -0.2) is 9.97 Å². The maximum atomic E-state index is 5.81. The van der Waals surface area contributed by atoms with Gasteiger partial charge in [-0.3, -0.25) is 0 Å². The van der Waals surface area contributed by atoms with Gasteiger partial charge in [0, 0.05) is 29.4 Å². The summed E-state index contributed by atoms with van der Waals surface area (Å²) in [6.45, 7) is 0. The minimum atomic E-state index is 0.446. The van der Waals surface area contributed by atoms with Crippen molar-refractivity contribution in [3.8, 4) is 0 Å². The molecular weight excluding hydrogens is 243 g/mol. The second-order valence-corrected chi connectivity index (χ2v) is 4.15. The van der Waals surface area contributed by atoms with E-state index in [1.807, 2.05) is 24.3 Å². The van der Waals surface area contributed by atoms with Crippen molar-refractivity contribution in [3.63, 3.8) is 0 Å². The Labute approximate surface area is 104 Å². The van der Waals surface area contributed by atoms with E-state index in [1.54, 1.807) is 12.4 Å². The molecule has 0 saturated carbocycles. The lowest BCUT2D eigenvalue weighted by Gasteiger charge is -2.01. The molecule has 0 atom stereocenters. The molecule has 0 bridgehead atoms. The number of aromatic nitrogens is 2. The Hall–Kier alpha value is -1.12. The summed E-state index contributed by atoms with van der Waals surface area (Å²) in [7, 11) is 0. The van der Waals surface area contributed by atoms with Gasteiger partial charge in [0.25, 0.3) is 0 Å². The van der Waals surface area contributed by atoms with Crippen molar-refractivity contribution in [2.24, 2.45) is 0 Å². The Kier molecular flexibility index (Phi) is 3.75. The summed E-state index contributed by atoms with van der Waals surface area (Å²) in [6, 6.07) is 7.68. The molecule has 0 unspecified atom stereocenters. The number of rotatable bonds is 3. The molecule has 1 heterocycles. The van der Waals surface area contributed by atoms with Crippen LogP contribution in [0.3, 0.4) is 0 Å². The molecule has 1 aromatic carbocycles. The minimum absolute atomic E-state index is 0.446. The highest BCUT2D eigenvalue weighted by Gasteiger charge is 1.99. The van der Waals surface area contributed by atoms with Crippen LogP contribution in [0.15, 0.2) is 36.7 Å². The molecule has 2 rings (SSSR count). The second-order valence-electron chi connectivity index (χ2n) is 3.44. The van der Waals surface area contributed by atoms with Gasteiger partial charge >= 0.3 is 0 Å². The first kappa shape index (κ1) is 11.4. The fourth-order valence-corrected chi connectivity index (χ4v) is 1.59. The third kappa shape index (κ3) is 2.94. The van der Waals surface area contributed by atoms with E-state index in [1.165, 1.54) is 0 Å². The van der Waals surface area contributed by atoms with Gasteiger partial charge in [-0.25, -0.2) is 9.97 Å². The van der Waals surface area contributed by atoms with E-state index in [0.717, 1.165) is 22.0 Å². The molecule has 0 radical (unpaired) electrons. The molecule has 0 aliphatic rings. The highest BCUT2D eigenvalue weighted by atomic mass is 35.5. The summed E-state index contributed by atoms with van der Waals surface area (Å²) in [6.07, 6.45) is 4.22. The summed E-state index contributed by atoms with van der Waals surface area (Å²) in [5.74, 6) is 1.23. The van der Waals surface area contributed by atoms with Crippen LogP contribution in [0.5, 0.6) is 0 Å². The third-order valence-electron chi connectivity index (χ3n) is 2.19. The lowest BCUT2D eigenvalue weighted by Crippen LogP contribution is -1.96. The Bertz CT molecular complexity index is 451. The fourth-order valence-electron chi connectivity index (χ4n) is 1.33. The second kappa shape index (κ2) is 5.28. The van der Waals surface area contributed by atoms with Crippen LogP contribution >= 0.6 is 23.2 Å². The Balaban J connectivity index is 2.11. The van der Waals surface area contributed by atoms with Crippen LogP contribution < -0.4 is 0 Å². The summed E-state index contributed by atoms with van der Waals surface area (Å²) in [5.41, 5.74) is 2.07. The highest BCUT2D eigenvalue weighted by molar-refractivity contribution is 6.30. The van der Waals surface area contributed by atoms with Crippen molar-refractivity contribution in [2.45, 2.75) is 12.3 Å². The van der Waals surface area contributed by atoms with E-state index < -0.39 is 0 Å². The zero-order chi connectivity index (χ0) is 11.4. The maximum absolute atomic E-state index is 5.81.